The van der Waals surface area contributed by atoms with Gasteiger partial charge in [-0.25, -0.2) is 9.97 Å². The van der Waals surface area contributed by atoms with E-state index in [-0.39, 0.29) is 0 Å². The highest BCUT2D eigenvalue weighted by Gasteiger charge is 2.02. The van der Waals surface area contributed by atoms with E-state index in [0.717, 1.165) is 20.7 Å². The third-order valence-electron chi connectivity index (χ3n) is 1.53. The first-order chi connectivity index (χ1) is 6.74. The zero-order chi connectivity index (χ0) is 9.97. The van der Waals surface area contributed by atoms with Crippen molar-refractivity contribution < 1.29 is 0 Å². The van der Waals surface area contributed by atoms with E-state index in [0.29, 0.717) is 5.13 Å². The number of nitrogens with two attached hydrogens (primary N) is 1. The second kappa shape index (κ2) is 4.29. The summed E-state index contributed by atoms with van der Waals surface area (Å²) in [6, 6.07) is 0. The van der Waals surface area contributed by atoms with Crippen molar-refractivity contribution in [1.29, 1.82) is 0 Å². The molecule has 14 heavy (non-hydrogen) atoms. The molecule has 2 aromatic heterocycles. The van der Waals surface area contributed by atoms with Gasteiger partial charge in [-0.1, -0.05) is 11.3 Å². The summed E-state index contributed by atoms with van der Waals surface area (Å²) in [5, 5.41) is 3.83. The molecule has 0 fully saturated rings. The third kappa shape index (κ3) is 2.46. The molecule has 0 saturated carbocycles. The van der Waals surface area contributed by atoms with Gasteiger partial charge in [-0.3, -0.25) is 0 Å². The predicted molar refractivity (Wildman–Crippen MR) is 62.9 cm³/mol. The van der Waals surface area contributed by atoms with E-state index in [1.807, 2.05) is 13.1 Å². The van der Waals surface area contributed by atoms with Crippen molar-refractivity contribution in [3.05, 3.63) is 22.3 Å². The molecule has 0 atom stereocenters. The van der Waals surface area contributed by atoms with Crippen molar-refractivity contribution in [2.75, 3.05) is 5.73 Å². The Labute approximate surface area is 94.4 Å². The van der Waals surface area contributed by atoms with E-state index in [4.69, 9.17) is 5.73 Å². The fourth-order valence-corrected chi connectivity index (χ4v) is 3.33. The minimum Gasteiger partial charge on any atom is -0.375 e. The van der Waals surface area contributed by atoms with Crippen LogP contribution in [0.1, 0.15) is 10.7 Å². The highest BCUT2D eigenvalue weighted by atomic mass is 32.2. The quantitative estimate of drug-likeness (QED) is 0.842. The molecule has 0 aliphatic carbocycles. The van der Waals surface area contributed by atoms with Crippen molar-refractivity contribution in [2.45, 2.75) is 16.9 Å². The average molecular weight is 243 g/mol. The largest absolute Gasteiger partial charge is 0.375 e. The Bertz CT molecular complexity index is 381. The van der Waals surface area contributed by atoms with Gasteiger partial charge < -0.3 is 5.73 Å². The van der Waals surface area contributed by atoms with Gasteiger partial charge >= 0.3 is 0 Å². The van der Waals surface area contributed by atoms with Crippen LogP contribution in [0.25, 0.3) is 0 Å². The smallest absolute Gasteiger partial charge is 0.181 e. The Kier molecular flexibility index (Phi) is 3.05. The molecule has 2 rings (SSSR count). The topological polar surface area (TPSA) is 51.8 Å². The molecule has 74 valence electrons. The lowest BCUT2D eigenvalue weighted by molar-refractivity contribution is 1.18. The van der Waals surface area contributed by atoms with Crippen LogP contribution in [0.2, 0.25) is 0 Å². The zero-order valence-electron chi connectivity index (χ0n) is 7.56. The van der Waals surface area contributed by atoms with Gasteiger partial charge in [0, 0.05) is 11.1 Å². The van der Waals surface area contributed by atoms with Crippen LogP contribution in [0.3, 0.4) is 0 Å². The molecule has 2 aromatic rings. The monoisotopic (exact) mass is 243 g/mol. The maximum atomic E-state index is 5.53. The summed E-state index contributed by atoms with van der Waals surface area (Å²) in [7, 11) is 0. The molecule has 0 spiro atoms. The average Bonchev–Trinajstić information content (AvgIpc) is 2.72. The Balaban J connectivity index is 1.94. The first-order valence-electron chi connectivity index (χ1n) is 3.99. The van der Waals surface area contributed by atoms with E-state index in [9.17, 15) is 0 Å². The number of nitrogens with zero attached hydrogens (tertiary/aromatic N) is 2. The molecule has 2 N–H and O–H groups in total. The van der Waals surface area contributed by atoms with E-state index in [1.54, 1.807) is 23.1 Å². The Morgan fingerprint density at radius 2 is 2.43 bits per heavy atom. The molecule has 0 saturated heterocycles. The van der Waals surface area contributed by atoms with Crippen molar-refractivity contribution in [2.24, 2.45) is 0 Å². The maximum absolute atomic E-state index is 5.53. The van der Waals surface area contributed by atoms with Crippen LogP contribution in [0.5, 0.6) is 0 Å². The molecule has 0 radical (unpaired) electrons. The highest BCUT2D eigenvalue weighted by molar-refractivity contribution is 8.00. The number of thioether (sulfide) groups is 1. The van der Waals surface area contributed by atoms with Crippen molar-refractivity contribution in [3.8, 4) is 0 Å². The molecule has 0 amide bonds. The predicted octanol–water partition coefficient (Wildman–Crippen LogP) is 2.78. The lowest BCUT2D eigenvalue weighted by Gasteiger charge is -1.92. The zero-order valence-corrected chi connectivity index (χ0v) is 10.0. The molecule has 0 bridgehead atoms. The second-order valence-corrected chi connectivity index (χ2v) is 6.06. The van der Waals surface area contributed by atoms with E-state index in [2.05, 4.69) is 15.3 Å². The normalized spacial score (nSPS) is 10.6. The fourth-order valence-electron chi connectivity index (χ4n) is 0.958. The summed E-state index contributed by atoms with van der Waals surface area (Å²) in [6.07, 6.45) is 1.81. The molecule has 0 aliphatic rings. The number of nitrogen functional groups attached to an aromatic ring is 1. The maximum Gasteiger partial charge on any atom is 0.181 e. The standard InChI is InChI=1S/C8H9N3S3/c1-5-11-6(3-12-5)4-13-7-2-10-8(9)14-7/h2-3H,4H2,1H3,(H2,9,10). The minimum absolute atomic E-state index is 0.627. The fraction of sp³-hybridized carbons (Fsp3) is 0.250. The summed E-state index contributed by atoms with van der Waals surface area (Å²) in [5.74, 6) is 0.895. The highest BCUT2D eigenvalue weighted by Crippen LogP contribution is 2.29. The Morgan fingerprint density at radius 1 is 1.57 bits per heavy atom. The number of anilines is 1. The first kappa shape index (κ1) is 9.95. The number of hydrogen-bond acceptors (Lipinski definition) is 6. The summed E-state index contributed by atoms with van der Waals surface area (Å²) < 4.78 is 1.15. The minimum atomic E-state index is 0.627. The molecule has 2 heterocycles. The van der Waals surface area contributed by atoms with Crippen LogP contribution in [0.4, 0.5) is 5.13 Å². The lowest BCUT2D eigenvalue weighted by Crippen LogP contribution is -1.78. The summed E-state index contributed by atoms with van der Waals surface area (Å²) in [5.41, 5.74) is 6.66. The third-order valence-corrected chi connectivity index (χ3v) is 4.41. The van der Waals surface area contributed by atoms with Crippen molar-refractivity contribution in [3.63, 3.8) is 0 Å². The van der Waals surface area contributed by atoms with Crippen LogP contribution in [-0.2, 0) is 5.75 Å². The van der Waals surface area contributed by atoms with E-state index in [1.165, 1.54) is 11.3 Å². The molecular weight excluding hydrogens is 234 g/mol. The Hall–Kier alpha value is -0.590. The molecule has 0 aliphatic heterocycles. The number of aromatic nitrogens is 2. The van der Waals surface area contributed by atoms with Crippen LogP contribution in [0.15, 0.2) is 15.8 Å². The molecular formula is C8H9N3S3. The van der Waals surface area contributed by atoms with Crippen molar-refractivity contribution in [1.82, 2.24) is 9.97 Å². The second-order valence-electron chi connectivity index (χ2n) is 2.66. The van der Waals surface area contributed by atoms with Crippen LogP contribution >= 0.6 is 34.4 Å². The van der Waals surface area contributed by atoms with Crippen LogP contribution in [0, 0.1) is 6.92 Å². The van der Waals surface area contributed by atoms with E-state index >= 15 is 0 Å². The number of thiazole rings is 2. The van der Waals surface area contributed by atoms with Crippen LogP contribution in [-0.4, -0.2) is 9.97 Å². The van der Waals surface area contributed by atoms with Crippen molar-refractivity contribution >= 4 is 39.6 Å². The Morgan fingerprint density at radius 3 is 3.00 bits per heavy atom. The first-order valence-corrected chi connectivity index (χ1v) is 6.67. The van der Waals surface area contributed by atoms with Gasteiger partial charge in [-0.05, 0) is 6.92 Å². The molecule has 6 heteroatoms. The van der Waals surface area contributed by atoms with Gasteiger partial charge in [0.25, 0.3) is 0 Å². The number of rotatable bonds is 3. The SMILES string of the molecule is Cc1nc(CSc2cnc(N)s2)cs1. The molecule has 0 aromatic carbocycles. The number of hydrogen-bond donors (Lipinski definition) is 1. The summed E-state index contributed by atoms with van der Waals surface area (Å²) >= 11 is 4.93. The van der Waals surface area contributed by atoms with Gasteiger partial charge in [-0.15, -0.1) is 23.1 Å². The summed E-state index contributed by atoms with van der Waals surface area (Å²) in [4.78, 5) is 8.37. The lowest BCUT2D eigenvalue weighted by atomic mass is 10.6. The van der Waals surface area contributed by atoms with Gasteiger partial charge in [-0.2, -0.15) is 0 Å². The van der Waals surface area contributed by atoms with Crippen LogP contribution < -0.4 is 5.73 Å². The van der Waals surface area contributed by atoms with E-state index < -0.39 is 0 Å². The van der Waals surface area contributed by atoms with Gasteiger partial charge in [0.05, 0.1) is 21.1 Å². The van der Waals surface area contributed by atoms with Gasteiger partial charge in [0.2, 0.25) is 0 Å². The molecule has 0 unspecified atom stereocenters. The van der Waals surface area contributed by atoms with Gasteiger partial charge in [0.15, 0.2) is 5.13 Å². The summed E-state index contributed by atoms with van der Waals surface area (Å²) in [6.45, 7) is 2.02. The molecule has 3 nitrogen and oxygen atoms in total. The number of aryl methyl sites for hydroxylation is 1. The van der Waals surface area contributed by atoms with Gasteiger partial charge in [0.1, 0.15) is 0 Å².